The molecule has 85 heavy (non-hydrogen) atoms. The molecule has 22 atom stereocenters. The number of nitrogens with one attached hydrogen (secondary N) is 1. The number of amides is 4. The molecule has 33 nitrogen and oxygen atoms in total. The largest absolute Gasteiger partial charge is 0.479 e. The van der Waals surface area contributed by atoms with Crippen molar-refractivity contribution in [3.8, 4) is 0 Å². The minimum absolute atomic E-state index is 0.0172. The number of hydrogen-bond donors (Lipinski definition) is 11. The van der Waals surface area contributed by atoms with E-state index >= 15 is 0 Å². The van der Waals surface area contributed by atoms with Gasteiger partial charge in [0.25, 0.3) is 0 Å². The first-order valence-electron chi connectivity index (χ1n) is 28.2. The highest BCUT2D eigenvalue weighted by molar-refractivity contribution is 6.06. The Morgan fingerprint density at radius 3 is 1.92 bits per heavy atom. The molecule has 6 saturated heterocycles. The summed E-state index contributed by atoms with van der Waals surface area (Å²) < 4.78 is 68.9. The lowest BCUT2D eigenvalue weighted by Crippen LogP contribution is -2.66. The maximum atomic E-state index is 13.7. The van der Waals surface area contributed by atoms with E-state index < -0.39 is 164 Å². The molecule has 0 bridgehead atoms. The SMILES string of the molecule is C=C[C@@H]1O[C@H](C=C)[C@@H]2C(=O)N(CCOCCN(Cc3cn(CCOCCO[C@@H]4OC(C(=O)O)[C@@H](O[C@H]5OC(C)[C@@H](O)[C@H](O)C5N)[C@H](O)C4O)nn3)C(=O)CCC(=O)NCCOCCO[C@@H]3OC[C@@H](O[C@H]4OC(C)[C@@H](O)[C@H](O)C4N)CC3O)C(=O)[C@@H]21. The second-order valence-electron chi connectivity index (χ2n) is 21.3. The molecular weight excluding hydrogens is 1140 g/mol. The number of imide groups is 1. The van der Waals surface area contributed by atoms with Gasteiger partial charge in [-0.1, -0.05) is 17.4 Å². The topological polar surface area (TPSA) is 459 Å². The van der Waals surface area contributed by atoms with Gasteiger partial charge in [-0.2, -0.15) is 0 Å². The van der Waals surface area contributed by atoms with E-state index in [9.17, 15) is 64.8 Å². The van der Waals surface area contributed by atoms with Gasteiger partial charge in [-0.25, -0.2) is 9.48 Å². The van der Waals surface area contributed by atoms with E-state index in [2.05, 4.69) is 28.8 Å². The van der Waals surface area contributed by atoms with Crippen LogP contribution in [0.3, 0.4) is 0 Å². The van der Waals surface area contributed by atoms with Crippen LogP contribution in [0, 0.1) is 11.8 Å². The van der Waals surface area contributed by atoms with E-state index in [0.717, 1.165) is 4.90 Å². The molecule has 0 saturated carbocycles. The summed E-state index contributed by atoms with van der Waals surface area (Å²) in [6.45, 7) is 10.7. The van der Waals surface area contributed by atoms with Gasteiger partial charge in [-0.3, -0.25) is 24.1 Å². The van der Waals surface area contributed by atoms with Gasteiger partial charge in [0.1, 0.15) is 54.5 Å². The summed E-state index contributed by atoms with van der Waals surface area (Å²) in [7, 11) is 0. The van der Waals surface area contributed by atoms with Crippen molar-refractivity contribution in [2.45, 2.75) is 169 Å². The maximum Gasteiger partial charge on any atom is 0.335 e. The molecule has 7 unspecified atom stereocenters. The van der Waals surface area contributed by atoms with Gasteiger partial charge in [-0.15, -0.1) is 18.3 Å². The van der Waals surface area contributed by atoms with Crippen LogP contribution in [0.15, 0.2) is 31.5 Å². The molecule has 1 aromatic heterocycles. The molecule has 0 spiro atoms. The van der Waals surface area contributed by atoms with Crippen molar-refractivity contribution in [3.05, 3.63) is 37.2 Å². The number of nitrogens with two attached hydrogens (primary N) is 2. The van der Waals surface area contributed by atoms with Crippen LogP contribution in [-0.2, 0) is 93.9 Å². The summed E-state index contributed by atoms with van der Waals surface area (Å²) in [5.74, 6) is -4.66. The van der Waals surface area contributed by atoms with E-state index in [1.165, 1.54) is 28.7 Å². The predicted octanol–water partition coefficient (Wildman–Crippen LogP) is -6.68. The molecule has 480 valence electrons. The van der Waals surface area contributed by atoms with Crippen LogP contribution in [0.25, 0.3) is 0 Å². The van der Waals surface area contributed by atoms with Crippen molar-refractivity contribution < 1.29 is 122 Å². The van der Waals surface area contributed by atoms with Crippen molar-refractivity contribution in [3.63, 3.8) is 0 Å². The molecule has 6 aliphatic heterocycles. The van der Waals surface area contributed by atoms with E-state index in [1.807, 2.05) is 0 Å². The normalized spacial score (nSPS) is 36.7. The fourth-order valence-electron chi connectivity index (χ4n) is 10.4. The van der Waals surface area contributed by atoms with Crippen molar-refractivity contribution >= 4 is 29.6 Å². The molecule has 7 rings (SSSR count). The van der Waals surface area contributed by atoms with Crippen LogP contribution in [-0.4, -0.2) is 297 Å². The third-order valence-corrected chi connectivity index (χ3v) is 15.3. The summed E-state index contributed by atoms with van der Waals surface area (Å²) >= 11 is 0. The van der Waals surface area contributed by atoms with Gasteiger partial charge in [0.05, 0.1) is 140 Å². The molecule has 1 aromatic rings. The standard InChI is InChI=1S/C52H82N8O25/c1-5-30-34-35(31(6-2)83-30)47(71)60(46(34)70)12-16-75-14-10-58(33(63)8-7-32(62)55-9-13-74-17-19-77-49-29(61)21-28(24-79-49)82-50-36(53)40(66)38(64)25(3)80-50)22-27-23-59(57-56-27)11-15-76-18-20-78-52-43(69)42(68)44(45(85-52)48(72)73)84-51-37(54)41(67)39(65)26(4)81-51/h5-6,23,25-26,28-31,34-45,49-52,61,64-69H,1-2,7-22,24,53-54H2,3-4H3,(H,55,62)(H,72,73)/t25?,26?,28-,29?,30-,31+,34+,35-,36?,37?,38+,39+,40+,41+,42+,43?,44-,45?,49+,50+,51+,52+/m0/s1. The molecule has 6 aliphatic rings. The third-order valence-electron chi connectivity index (χ3n) is 15.3. The second-order valence-corrected chi connectivity index (χ2v) is 21.3. The Morgan fingerprint density at radius 1 is 0.718 bits per heavy atom. The van der Waals surface area contributed by atoms with Crippen LogP contribution in [0.5, 0.6) is 0 Å². The zero-order valence-electron chi connectivity index (χ0n) is 47.3. The van der Waals surface area contributed by atoms with E-state index in [-0.39, 0.29) is 111 Å². The van der Waals surface area contributed by atoms with Gasteiger partial charge in [0, 0.05) is 32.4 Å². The monoisotopic (exact) mass is 1220 g/mol. The van der Waals surface area contributed by atoms with Crippen LogP contribution < -0.4 is 16.8 Å². The van der Waals surface area contributed by atoms with E-state index in [1.54, 1.807) is 13.1 Å². The molecular formula is C52H82N8O25. The summed E-state index contributed by atoms with van der Waals surface area (Å²) in [6.07, 6.45) is -17.9. The summed E-state index contributed by atoms with van der Waals surface area (Å²) in [5.41, 5.74) is 12.3. The number of rotatable bonds is 32. The summed E-state index contributed by atoms with van der Waals surface area (Å²) in [6, 6.07) is -2.34. The molecule has 33 heteroatoms. The number of aromatic nitrogens is 3. The summed E-state index contributed by atoms with van der Waals surface area (Å²) in [5, 5.41) is 93.6. The first-order chi connectivity index (χ1) is 40.6. The summed E-state index contributed by atoms with van der Waals surface area (Å²) in [4.78, 5) is 67.8. The first-order valence-corrected chi connectivity index (χ1v) is 28.2. The van der Waals surface area contributed by atoms with Gasteiger partial charge in [0.15, 0.2) is 31.3 Å². The number of aliphatic hydroxyl groups is 7. The quantitative estimate of drug-likeness (QED) is 0.0181. The number of carboxylic acid groups (broad SMARTS) is 1. The fourth-order valence-corrected chi connectivity index (χ4v) is 10.4. The Kier molecular flexibility index (Phi) is 25.5. The van der Waals surface area contributed by atoms with Crippen molar-refractivity contribution in [1.29, 1.82) is 0 Å². The van der Waals surface area contributed by atoms with Crippen molar-refractivity contribution in [2.75, 3.05) is 79.1 Å². The van der Waals surface area contributed by atoms with Gasteiger partial charge in [0.2, 0.25) is 23.6 Å². The number of aliphatic carboxylic acids is 1. The van der Waals surface area contributed by atoms with E-state index in [4.69, 9.17) is 68.3 Å². The average molecular weight is 1220 g/mol. The number of carbonyl (C=O) groups excluding carboxylic acids is 4. The molecule has 0 radical (unpaired) electrons. The Labute approximate surface area is 488 Å². The minimum Gasteiger partial charge on any atom is -0.479 e. The molecule has 4 amide bonds. The third kappa shape index (κ3) is 17.4. The number of nitrogens with zero attached hydrogens (tertiary/aromatic N) is 5. The minimum atomic E-state index is -1.87. The van der Waals surface area contributed by atoms with Crippen LogP contribution in [0.1, 0.15) is 38.8 Å². The zero-order chi connectivity index (χ0) is 61.6. The van der Waals surface area contributed by atoms with Crippen molar-refractivity contribution in [1.82, 2.24) is 30.1 Å². The number of likely N-dealkylation sites (tertiary alicyclic amines) is 1. The van der Waals surface area contributed by atoms with Crippen LogP contribution >= 0.6 is 0 Å². The highest BCUT2D eigenvalue weighted by atomic mass is 16.7. The molecule has 0 aromatic carbocycles. The number of aliphatic hydroxyl groups excluding tert-OH is 7. The van der Waals surface area contributed by atoms with E-state index in [0.29, 0.717) is 5.69 Å². The number of carbonyl (C=O) groups is 5. The highest BCUT2D eigenvalue weighted by Crippen LogP contribution is 2.41. The second kappa shape index (κ2) is 32.0. The first kappa shape index (κ1) is 67.8. The molecule has 13 N–H and O–H groups in total. The van der Waals surface area contributed by atoms with Gasteiger partial charge in [-0.05, 0) is 13.8 Å². The Balaban J connectivity index is 0.816. The highest BCUT2D eigenvalue weighted by Gasteiger charge is 2.58. The van der Waals surface area contributed by atoms with Gasteiger partial charge < -0.3 is 119 Å². The average Bonchev–Trinajstić information content (AvgIpc) is 1.76. The number of hydrogen-bond acceptors (Lipinski definition) is 28. The zero-order valence-corrected chi connectivity index (χ0v) is 47.3. The Bertz CT molecular complexity index is 2330. The molecule has 6 fully saturated rings. The Hall–Kier alpha value is -4.67. The fraction of sp³-hybridized carbons (Fsp3) is 0.788. The number of ether oxygens (including phenoxy) is 12. The number of carboxylic acids is 1. The maximum absolute atomic E-state index is 13.7. The van der Waals surface area contributed by atoms with Gasteiger partial charge >= 0.3 is 5.97 Å². The Morgan fingerprint density at radius 2 is 1.31 bits per heavy atom. The number of fused-ring (bicyclic) bond motifs is 1. The molecule has 7 heterocycles. The molecule has 0 aliphatic carbocycles. The smallest absolute Gasteiger partial charge is 0.335 e. The van der Waals surface area contributed by atoms with Crippen LogP contribution in [0.4, 0.5) is 0 Å². The van der Waals surface area contributed by atoms with Crippen molar-refractivity contribution in [2.24, 2.45) is 23.3 Å². The lowest BCUT2D eigenvalue weighted by Gasteiger charge is -2.45. The lowest BCUT2D eigenvalue weighted by molar-refractivity contribution is -0.337. The predicted molar refractivity (Wildman–Crippen MR) is 282 cm³/mol. The van der Waals surface area contributed by atoms with Crippen LogP contribution in [0.2, 0.25) is 0 Å². The lowest BCUT2D eigenvalue weighted by atomic mass is 9.89.